The molecule has 1 aromatic carbocycles. The predicted molar refractivity (Wildman–Crippen MR) is 97.1 cm³/mol. The predicted octanol–water partition coefficient (Wildman–Crippen LogP) is 5.82. The van der Waals surface area contributed by atoms with Gasteiger partial charge in [-0.15, -0.1) is 22.7 Å². The minimum absolute atomic E-state index is 0.334. The number of hydrogen-bond acceptors (Lipinski definition) is 5. The molecule has 2 nitrogen and oxygen atoms in total. The van der Waals surface area contributed by atoms with Gasteiger partial charge >= 0.3 is 0 Å². The first-order chi connectivity index (χ1) is 10.2. The van der Waals surface area contributed by atoms with Crippen LogP contribution in [0, 0.1) is 0 Å². The topological polar surface area (TPSA) is 24.9 Å². The van der Waals surface area contributed by atoms with Crippen molar-refractivity contribution in [1.82, 2.24) is 4.98 Å². The summed E-state index contributed by atoms with van der Waals surface area (Å²) in [6.07, 6.45) is 3.18. The number of nitrogens with one attached hydrogen (secondary N) is 1. The quantitative estimate of drug-likeness (QED) is 0.595. The highest BCUT2D eigenvalue weighted by molar-refractivity contribution is 8.00. The molecule has 2 heterocycles. The number of aryl methyl sites for hydroxylation is 1. The number of nitrogens with zero attached hydrogens (tertiary/aromatic N) is 1. The Morgan fingerprint density at radius 3 is 2.81 bits per heavy atom. The highest BCUT2D eigenvalue weighted by atomic mass is 32.2. The number of anilines is 1. The van der Waals surface area contributed by atoms with Crippen molar-refractivity contribution in [3.63, 3.8) is 0 Å². The second-order valence-corrected chi connectivity index (χ2v) is 8.17. The number of benzene rings is 1. The van der Waals surface area contributed by atoms with Gasteiger partial charge in [-0.2, -0.15) is 0 Å². The lowest BCUT2D eigenvalue weighted by atomic mass is 10.2. The van der Waals surface area contributed by atoms with E-state index in [0.29, 0.717) is 6.04 Å². The van der Waals surface area contributed by atoms with Crippen LogP contribution in [-0.2, 0) is 6.42 Å². The second kappa shape index (κ2) is 6.38. The third-order valence-corrected chi connectivity index (χ3v) is 6.80. The summed E-state index contributed by atoms with van der Waals surface area (Å²) in [6, 6.07) is 11.2. The Hall–Kier alpha value is -1.04. The van der Waals surface area contributed by atoms with Gasteiger partial charge < -0.3 is 5.32 Å². The van der Waals surface area contributed by atoms with E-state index in [9.17, 15) is 0 Å². The van der Waals surface area contributed by atoms with Gasteiger partial charge in [0.25, 0.3) is 0 Å². The van der Waals surface area contributed by atoms with Gasteiger partial charge in [-0.1, -0.05) is 18.7 Å². The molecule has 0 aliphatic heterocycles. The van der Waals surface area contributed by atoms with Gasteiger partial charge in [0, 0.05) is 15.4 Å². The van der Waals surface area contributed by atoms with Gasteiger partial charge in [-0.05, 0) is 49.9 Å². The Bertz CT molecular complexity index is 745. The normalized spacial score (nSPS) is 12.7. The average Bonchev–Trinajstić information content (AvgIpc) is 3.12. The van der Waals surface area contributed by atoms with Gasteiger partial charge in [-0.25, -0.2) is 4.98 Å². The molecule has 1 atom stereocenters. The largest absolute Gasteiger partial charge is 0.378 e. The number of aromatic nitrogens is 1. The molecule has 0 spiro atoms. The molecule has 1 N–H and O–H groups in total. The van der Waals surface area contributed by atoms with Gasteiger partial charge in [0.1, 0.15) is 0 Å². The van der Waals surface area contributed by atoms with E-state index < -0.39 is 0 Å². The monoisotopic (exact) mass is 334 g/mol. The van der Waals surface area contributed by atoms with E-state index in [4.69, 9.17) is 0 Å². The maximum absolute atomic E-state index is 4.58. The zero-order valence-corrected chi connectivity index (χ0v) is 14.8. The zero-order valence-electron chi connectivity index (χ0n) is 12.3. The minimum Gasteiger partial charge on any atom is -0.378 e. The van der Waals surface area contributed by atoms with Gasteiger partial charge in [-0.3, -0.25) is 0 Å². The van der Waals surface area contributed by atoms with Crippen LogP contribution in [0.2, 0.25) is 0 Å². The van der Waals surface area contributed by atoms with E-state index in [0.717, 1.165) is 22.0 Å². The van der Waals surface area contributed by atoms with Crippen LogP contribution in [0.1, 0.15) is 29.6 Å². The molecule has 3 aromatic rings. The van der Waals surface area contributed by atoms with E-state index >= 15 is 0 Å². The lowest BCUT2D eigenvalue weighted by Gasteiger charge is -2.13. The third kappa shape index (κ3) is 3.25. The van der Waals surface area contributed by atoms with E-state index in [-0.39, 0.29) is 0 Å². The van der Waals surface area contributed by atoms with Crippen LogP contribution in [0.5, 0.6) is 0 Å². The molecule has 2 aromatic heterocycles. The molecule has 0 amide bonds. The fraction of sp³-hybridized carbons (Fsp3) is 0.312. The Labute approximate surface area is 137 Å². The molecule has 3 rings (SSSR count). The molecule has 110 valence electrons. The molecule has 21 heavy (non-hydrogen) atoms. The molecule has 1 unspecified atom stereocenters. The standard InChI is InChI=1S/C16H18N2S3/c1-4-12-6-8-14(20-12)10(2)17-11-5-7-13-15(9-11)21-16(18-13)19-3/h5-10,17H,4H2,1-3H3. The summed E-state index contributed by atoms with van der Waals surface area (Å²) in [5.41, 5.74) is 2.25. The van der Waals surface area contributed by atoms with Gasteiger partial charge in [0.2, 0.25) is 0 Å². The number of thioether (sulfide) groups is 1. The Morgan fingerprint density at radius 1 is 1.24 bits per heavy atom. The highest BCUT2D eigenvalue weighted by Crippen LogP contribution is 2.32. The molecule has 0 saturated carbocycles. The highest BCUT2D eigenvalue weighted by Gasteiger charge is 2.09. The minimum atomic E-state index is 0.334. The van der Waals surface area contributed by atoms with Crippen molar-refractivity contribution in [3.8, 4) is 0 Å². The van der Waals surface area contributed by atoms with E-state index in [1.807, 2.05) is 11.3 Å². The van der Waals surface area contributed by atoms with Gasteiger partial charge in [0.05, 0.1) is 16.3 Å². The van der Waals surface area contributed by atoms with Gasteiger partial charge in [0.15, 0.2) is 4.34 Å². The third-order valence-electron chi connectivity index (χ3n) is 3.38. The molecule has 0 aliphatic rings. The van der Waals surface area contributed by atoms with Crippen LogP contribution >= 0.6 is 34.4 Å². The summed E-state index contributed by atoms with van der Waals surface area (Å²) in [4.78, 5) is 7.42. The van der Waals surface area contributed by atoms with Crippen LogP contribution in [0.15, 0.2) is 34.7 Å². The fourth-order valence-corrected chi connectivity index (χ4v) is 4.70. The van der Waals surface area contributed by atoms with E-state index in [1.54, 1.807) is 23.1 Å². The number of thiophene rings is 1. The Kier molecular flexibility index (Phi) is 4.52. The summed E-state index contributed by atoms with van der Waals surface area (Å²) in [5, 5.41) is 3.60. The first-order valence-electron chi connectivity index (χ1n) is 6.99. The van der Waals surface area contributed by atoms with Crippen molar-refractivity contribution >= 4 is 50.3 Å². The zero-order chi connectivity index (χ0) is 14.8. The number of fused-ring (bicyclic) bond motifs is 1. The number of thiazole rings is 1. The first kappa shape index (κ1) is 14.9. The number of rotatable bonds is 5. The van der Waals surface area contributed by atoms with Crippen LogP contribution in [-0.4, -0.2) is 11.2 Å². The maximum Gasteiger partial charge on any atom is 0.150 e. The first-order valence-corrected chi connectivity index (χ1v) is 9.85. The maximum atomic E-state index is 4.58. The molecular weight excluding hydrogens is 316 g/mol. The smallest absolute Gasteiger partial charge is 0.150 e. The lowest BCUT2D eigenvalue weighted by Crippen LogP contribution is -2.04. The van der Waals surface area contributed by atoms with Crippen molar-refractivity contribution in [2.45, 2.75) is 30.6 Å². The summed E-state index contributed by atoms with van der Waals surface area (Å²) < 4.78 is 2.37. The molecule has 0 aliphatic carbocycles. The lowest BCUT2D eigenvalue weighted by molar-refractivity contribution is 0.909. The molecular formula is C16H18N2S3. The van der Waals surface area contributed by atoms with Crippen molar-refractivity contribution in [3.05, 3.63) is 40.1 Å². The van der Waals surface area contributed by atoms with Crippen molar-refractivity contribution in [2.24, 2.45) is 0 Å². The SMILES string of the molecule is CCc1ccc(C(C)Nc2ccc3nc(SC)sc3c2)s1. The average molecular weight is 335 g/mol. The molecule has 0 bridgehead atoms. The van der Waals surface area contributed by atoms with E-state index in [1.165, 1.54) is 14.5 Å². The summed E-state index contributed by atoms with van der Waals surface area (Å²) in [7, 11) is 0. The molecule has 0 fully saturated rings. The molecule has 0 saturated heterocycles. The van der Waals surface area contributed by atoms with Crippen LogP contribution in [0.25, 0.3) is 10.2 Å². The second-order valence-electron chi connectivity index (χ2n) is 4.89. The van der Waals surface area contributed by atoms with Crippen molar-refractivity contribution < 1.29 is 0 Å². The summed E-state index contributed by atoms with van der Waals surface area (Å²) in [6.45, 7) is 4.42. The van der Waals surface area contributed by atoms with Crippen molar-refractivity contribution in [2.75, 3.05) is 11.6 Å². The summed E-state index contributed by atoms with van der Waals surface area (Å²) in [5.74, 6) is 0. The molecule has 0 radical (unpaired) electrons. The summed E-state index contributed by atoms with van der Waals surface area (Å²) >= 11 is 5.36. The van der Waals surface area contributed by atoms with E-state index in [2.05, 4.69) is 60.7 Å². The molecule has 5 heteroatoms. The number of hydrogen-bond donors (Lipinski definition) is 1. The fourth-order valence-electron chi connectivity index (χ4n) is 2.22. The van der Waals surface area contributed by atoms with Crippen LogP contribution < -0.4 is 5.32 Å². The van der Waals surface area contributed by atoms with Crippen LogP contribution in [0.4, 0.5) is 5.69 Å². The van der Waals surface area contributed by atoms with Crippen LogP contribution in [0.3, 0.4) is 0 Å². The van der Waals surface area contributed by atoms with Crippen molar-refractivity contribution in [1.29, 1.82) is 0 Å². The Balaban J connectivity index is 1.80. The Morgan fingerprint density at radius 2 is 2.10 bits per heavy atom.